The van der Waals surface area contributed by atoms with E-state index >= 15 is 0 Å². The number of hydrogen-bond donors (Lipinski definition) is 1. The van der Waals surface area contributed by atoms with Crippen LogP contribution in [0.5, 0.6) is 0 Å². The number of nitriles is 1. The number of pyridine rings is 1. The van der Waals surface area contributed by atoms with E-state index in [-0.39, 0.29) is 5.82 Å². The van der Waals surface area contributed by atoms with Crippen LogP contribution in [0.1, 0.15) is 11.1 Å². The van der Waals surface area contributed by atoms with Gasteiger partial charge in [0, 0.05) is 24.4 Å². The summed E-state index contributed by atoms with van der Waals surface area (Å²) >= 11 is 1.60. The van der Waals surface area contributed by atoms with Crippen molar-refractivity contribution >= 4 is 17.2 Å². The van der Waals surface area contributed by atoms with Crippen molar-refractivity contribution in [2.45, 2.75) is 6.92 Å². The molecule has 0 amide bonds. The predicted octanol–water partition coefficient (Wildman–Crippen LogP) is 2.97. The maximum absolute atomic E-state index is 9.42. The van der Waals surface area contributed by atoms with Gasteiger partial charge >= 0.3 is 0 Å². The predicted molar refractivity (Wildman–Crippen MR) is 83.6 cm³/mol. The number of aryl methyl sites for hydroxylation is 1. The quantitative estimate of drug-likeness (QED) is 0.788. The molecule has 104 valence electrons. The molecule has 3 heterocycles. The summed E-state index contributed by atoms with van der Waals surface area (Å²) in [6.45, 7) is 1.96. The van der Waals surface area contributed by atoms with E-state index in [1.807, 2.05) is 37.7 Å². The molecule has 0 saturated carbocycles. The first-order valence-electron chi connectivity index (χ1n) is 6.35. The largest absolute Gasteiger partial charge is 0.383 e. The Kier molecular flexibility index (Phi) is 3.20. The number of thiophene rings is 1. The molecule has 6 heteroatoms. The van der Waals surface area contributed by atoms with Crippen LogP contribution in [0.25, 0.3) is 21.7 Å². The molecule has 5 nitrogen and oxygen atoms in total. The van der Waals surface area contributed by atoms with Gasteiger partial charge in [0.1, 0.15) is 17.5 Å². The van der Waals surface area contributed by atoms with E-state index in [4.69, 9.17) is 5.73 Å². The van der Waals surface area contributed by atoms with Crippen LogP contribution in [0.15, 0.2) is 29.9 Å². The van der Waals surface area contributed by atoms with Crippen molar-refractivity contribution in [1.82, 2.24) is 14.8 Å². The molecule has 0 unspecified atom stereocenters. The number of nitrogen functional groups attached to an aromatic ring is 1. The van der Waals surface area contributed by atoms with Crippen molar-refractivity contribution < 1.29 is 0 Å². The SMILES string of the molecule is Cc1c(-c2cccs2)nc(N)c(C#N)c1-c1cnn(C)c1. The normalized spacial score (nSPS) is 10.5. The van der Waals surface area contributed by atoms with Crippen molar-refractivity contribution in [3.8, 4) is 27.8 Å². The van der Waals surface area contributed by atoms with Gasteiger partial charge in [0.05, 0.1) is 16.8 Å². The zero-order valence-electron chi connectivity index (χ0n) is 11.7. The van der Waals surface area contributed by atoms with Gasteiger partial charge in [-0.1, -0.05) is 6.07 Å². The van der Waals surface area contributed by atoms with E-state index < -0.39 is 0 Å². The summed E-state index contributed by atoms with van der Waals surface area (Å²) in [6.07, 6.45) is 3.61. The van der Waals surface area contributed by atoms with E-state index in [1.165, 1.54) is 0 Å². The monoisotopic (exact) mass is 295 g/mol. The smallest absolute Gasteiger partial charge is 0.142 e. The molecule has 0 bridgehead atoms. The average molecular weight is 295 g/mol. The zero-order chi connectivity index (χ0) is 15.0. The van der Waals surface area contributed by atoms with Gasteiger partial charge in [0.25, 0.3) is 0 Å². The lowest BCUT2D eigenvalue weighted by Gasteiger charge is -2.12. The Labute approximate surface area is 126 Å². The van der Waals surface area contributed by atoms with E-state index in [0.717, 1.165) is 27.3 Å². The first kappa shape index (κ1) is 13.3. The van der Waals surface area contributed by atoms with Gasteiger partial charge in [-0.15, -0.1) is 11.3 Å². The minimum Gasteiger partial charge on any atom is -0.383 e. The molecule has 0 radical (unpaired) electrons. The molecular formula is C15H13N5S. The second-order valence-corrected chi connectivity index (χ2v) is 5.66. The standard InChI is InChI=1S/C15H13N5S/c1-9-13(10-7-18-20(2)8-10)11(6-16)15(17)19-14(9)12-4-3-5-21-12/h3-5,7-8H,1-2H3,(H2,17,19). The summed E-state index contributed by atoms with van der Waals surface area (Å²) in [5.41, 5.74) is 9.84. The van der Waals surface area contributed by atoms with Crippen molar-refractivity contribution in [1.29, 1.82) is 5.26 Å². The number of hydrogen-bond acceptors (Lipinski definition) is 5. The fourth-order valence-corrected chi connectivity index (χ4v) is 3.14. The van der Waals surface area contributed by atoms with Crippen molar-refractivity contribution in [3.63, 3.8) is 0 Å². The molecule has 21 heavy (non-hydrogen) atoms. The molecule has 0 aromatic carbocycles. The average Bonchev–Trinajstić information content (AvgIpc) is 3.11. The minimum absolute atomic E-state index is 0.255. The Bertz CT molecular complexity index is 840. The van der Waals surface area contributed by atoms with E-state index in [2.05, 4.69) is 16.2 Å². The van der Waals surface area contributed by atoms with Gasteiger partial charge in [-0.25, -0.2) is 4.98 Å². The number of aromatic nitrogens is 3. The van der Waals surface area contributed by atoms with Gasteiger partial charge in [-0.3, -0.25) is 4.68 Å². The molecule has 0 saturated heterocycles. The van der Waals surface area contributed by atoms with Crippen LogP contribution >= 0.6 is 11.3 Å². The van der Waals surface area contributed by atoms with Crippen LogP contribution in [-0.2, 0) is 7.05 Å². The fraction of sp³-hybridized carbons (Fsp3) is 0.133. The molecule has 3 aromatic heterocycles. The lowest BCUT2D eigenvalue weighted by Crippen LogP contribution is -2.02. The second-order valence-electron chi connectivity index (χ2n) is 4.71. The van der Waals surface area contributed by atoms with Crippen LogP contribution in [0, 0.1) is 18.3 Å². The highest BCUT2D eigenvalue weighted by atomic mass is 32.1. The summed E-state index contributed by atoms with van der Waals surface area (Å²) in [7, 11) is 1.84. The summed E-state index contributed by atoms with van der Waals surface area (Å²) in [4.78, 5) is 5.45. The zero-order valence-corrected chi connectivity index (χ0v) is 12.5. The number of nitrogens with two attached hydrogens (primary N) is 1. The van der Waals surface area contributed by atoms with Gasteiger partial charge in [0.2, 0.25) is 0 Å². The molecule has 0 atom stereocenters. The van der Waals surface area contributed by atoms with Crippen molar-refractivity contribution in [2.24, 2.45) is 7.05 Å². The highest BCUT2D eigenvalue weighted by Gasteiger charge is 2.19. The second kappa shape index (κ2) is 5.04. The molecule has 0 spiro atoms. The van der Waals surface area contributed by atoms with Gasteiger partial charge < -0.3 is 5.73 Å². The Morgan fingerprint density at radius 3 is 2.81 bits per heavy atom. The van der Waals surface area contributed by atoms with Gasteiger partial charge in [0.15, 0.2) is 0 Å². The van der Waals surface area contributed by atoms with Crippen molar-refractivity contribution in [2.75, 3.05) is 5.73 Å². The Morgan fingerprint density at radius 2 is 2.24 bits per heavy atom. The fourth-order valence-electron chi connectivity index (χ4n) is 2.37. The summed E-state index contributed by atoms with van der Waals surface area (Å²) < 4.78 is 1.71. The highest BCUT2D eigenvalue weighted by Crippen LogP contribution is 2.36. The summed E-state index contributed by atoms with van der Waals surface area (Å²) in [6, 6.07) is 6.13. The molecule has 0 aliphatic carbocycles. The molecular weight excluding hydrogens is 282 g/mol. The van der Waals surface area contributed by atoms with Crippen molar-refractivity contribution in [3.05, 3.63) is 41.0 Å². The molecule has 0 aliphatic heterocycles. The van der Waals surface area contributed by atoms with E-state index in [9.17, 15) is 5.26 Å². The third-order valence-corrected chi connectivity index (χ3v) is 4.21. The molecule has 2 N–H and O–H groups in total. The minimum atomic E-state index is 0.255. The maximum atomic E-state index is 9.42. The summed E-state index contributed by atoms with van der Waals surface area (Å²) in [5, 5.41) is 15.6. The van der Waals surface area contributed by atoms with Crippen LogP contribution in [-0.4, -0.2) is 14.8 Å². The number of nitrogens with zero attached hydrogens (tertiary/aromatic N) is 4. The van der Waals surface area contributed by atoms with Gasteiger partial charge in [-0.05, 0) is 23.9 Å². The Morgan fingerprint density at radius 1 is 1.43 bits per heavy atom. The molecule has 0 fully saturated rings. The number of anilines is 1. The number of rotatable bonds is 2. The molecule has 0 aliphatic rings. The molecule has 3 rings (SSSR count). The molecule has 3 aromatic rings. The van der Waals surface area contributed by atoms with Gasteiger partial charge in [-0.2, -0.15) is 10.4 Å². The van der Waals surface area contributed by atoms with E-state index in [1.54, 1.807) is 22.2 Å². The summed E-state index contributed by atoms with van der Waals surface area (Å²) in [5.74, 6) is 0.255. The first-order chi connectivity index (χ1) is 10.1. The van der Waals surface area contributed by atoms with E-state index in [0.29, 0.717) is 5.56 Å². The topological polar surface area (TPSA) is 80.5 Å². The third-order valence-electron chi connectivity index (χ3n) is 3.33. The highest BCUT2D eigenvalue weighted by molar-refractivity contribution is 7.13. The van der Waals surface area contributed by atoms with Crippen LogP contribution in [0.4, 0.5) is 5.82 Å². The van der Waals surface area contributed by atoms with Crippen LogP contribution in [0.3, 0.4) is 0 Å². The maximum Gasteiger partial charge on any atom is 0.142 e. The first-order valence-corrected chi connectivity index (χ1v) is 7.23. The van der Waals surface area contributed by atoms with Crippen LogP contribution < -0.4 is 5.73 Å². The lowest BCUT2D eigenvalue weighted by atomic mass is 9.96. The lowest BCUT2D eigenvalue weighted by molar-refractivity contribution is 0.768. The van der Waals surface area contributed by atoms with Crippen LogP contribution in [0.2, 0.25) is 0 Å². The Hall–Kier alpha value is -2.65. The Balaban J connectivity index is 2.34. The third kappa shape index (κ3) is 2.18.